The highest BCUT2D eigenvalue weighted by Gasteiger charge is 2.27. The smallest absolute Gasteiger partial charge is 0.106 e. The molecule has 2 nitrogen and oxygen atoms in total. The Labute approximate surface area is 63.2 Å². The van der Waals surface area contributed by atoms with Crippen LogP contribution in [0.1, 0.15) is 27.2 Å². The van der Waals surface area contributed by atoms with Crippen molar-refractivity contribution < 1.29 is 0 Å². The van der Waals surface area contributed by atoms with Crippen LogP contribution in [0.2, 0.25) is 0 Å². The molecule has 0 rings (SSSR count). The highest BCUT2D eigenvalue weighted by molar-refractivity contribution is 5.05. The summed E-state index contributed by atoms with van der Waals surface area (Å²) < 4.78 is 0. The topological polar surface area (TPSA) is 35.8 Å². The van der Waals surface area contributed by atoms with E-state index in [-0.39, 0.29) is 5.54 Å². The third-order valence-electron chi connectivity index (χ3n) is 2.35. The summed E-state index contributed by atoms with van der Waals surface area (Å²) in [5, 5.41) is 11.8. The largest absolute Gasteiger partial charge is 0.302 e. The molecule has 0 aliphatic rings. The minimum atomic E-state index is -0.352. The van der Waals surface area contributed by atoms with Crippen molar-refractivity contribution in [3.05, 3.63) is 0 Å². The van der Waals surface area contributed by atoms with E-state index in [1.807, 2.05) is 14.0 Å². The maximum absolute atomic E-state index is 8.77. The molecule has 2 atom stereocenters. The van der Waals surface area contributed by atoms with Gasteiger partial charge in [-0.1, -0.05) is 20.3 Å². The van der Waals surface area contributed by atoms with Gasteiger partial charge in [0.05, 0.1) is 6.07 Å². The Morgan fingerprint density at radius 2 is 2.20 bits per heavy atom. The molecule has 0 aliphatic carbocycles. The highest BCUT2D eigenvalue weighted by atomic mass is 14.9. The fourth-order valence-electron chi connectivity index (χ4n) is 0.821. The Morgan fingerprint density at radius 3 is 2.30 bits per heavy atom. The summed E-state index contributed by atoms with van der Waals surface area (Å²) in [6.45, 7) is 6.11. The van der Waals surface area contributed by atoms with E-state index >= 15 is 0 Å². The van der Waals surface area contributed by atoms with Crippen LogP contribution in [0.3, 0.4) is 0 Å². The molecule has 0 saturated carbocycles. The van der Waals surface area contributed by atoms with Gasteiger partial charge in [-0.3, -0.25) is 0 Å². The van der Waals surface area contributed by atoms with Gasteiger partial charge in [0.2, 0.25) is 0 Å². The van der Waals surface area contributed by atoms with Crippen LogP contribution in [0.4, 0.5) is 0 Å². The van der Waals surface area contributed by atoms with Crippen LogP contribution >= 0.6 is 0 Å². The lowest BCUT2D eigenvalue weighted by atomic mass is 9.87. The second-order valence-corrected chi connectivity index (χ2v) is 2.87. The van der Waals surface area contributed by atoms with Gasteiger partial charge in [0.15, 0.2) is 0 Å². The van der Waals surface area contributed by atoms with Crippen LogP contribution in [-0.2, 0) is 0 Å². The van der Waals surface area contributed by atoms with Gasteiger partial charge >= 0.3 is 0 Å². The summed E-state index contributed by atoms with van der Waals surface area (Å²) >= 11 is 0. The molecule has 0 amide bonds. The summed E-state index contributed by atoms with van der Waals surface area (Å²) in [4.78, 5) is 0. The minimum absolute atomic E-state index is 0.352. The fourth-order valence-corrected chi connectivity index (χ4v) is 0.821. The first kappa shape index (κ1) is 9.45. The van der Waals surface area contributed by atoms with E-state index in [1.54, 1.807) is 0 Å². The zero-order chi connectivity index (χ0) is 8.20. The summed E-state index contributed by atoms with van der Waals surface area (Å²) in [5.74, 6) is 0.405. The van der Waals surface area contributed by atoms with E-state index in [1.165, 1.54) is 0 Å². The molecule has 0 aromatic carbocycles. The lowest BCUT2D eigenvalue weighted by molar-refractivity contribution is 0.330. The summed E-state index contributed by atoms with van der Waals surface area (Å²) in [7, 11) is 1.83. The van der Waals surface area contributed by atoms with E-state index in [4.69, 9.17) is 5.26 Å². The Morgan fingerprint density at radius 1 is 1.70 bits per heavy atom. The van der Waals surface area contributed by atoms with Gasteiger partial charge in [0.1, 0.15) is 5.54 Å². The Hall–Kier alpha value is -0.550. The average molecular weight is 140 g/mol. The number of hydrogen-bond donors (Lipinski definition) is 1. The number of hydrogen-bond acceptors (Lipinski definition) is 2. The molecule has 10 heavy (non-hydrogen) atoms. The van der Waals surface area contributed by atoms with Crippen molar-refractivity contribution in [2.45, 2.75) is 32.7 Å². The zero-order valence-electron chi connectivity index (χ0n) is 7.23. The van der Waals surface area contributed by atoms with Gasteiger partial charge in [-0.25, -0.2) is 0 Å². The van der Waals surface area contributed by atoms with Gasteiger partial charge in [0, 0.05) is 0 Å². The van der Waals surface area contributed by atoms with Crippen molar-refractivity contribution >= 4 is 0 Å². The van der Waals surface area contributed by atoms with Crippen LogP contribution in [0, 0.1) is 17.2 Å². The van der Waals surface area contributed by atoms with Gasteiger partial charge in [-0.05, 0) is 19.9 Å². The molecule has 0 spiro atoms. The highest BCUT2D eigenvalue weighted by Crippen LogP contribution is 2.17. The summed E-state index contributed by atoms with van der Waals surface area (Å²) in [6, 6.07) is 2.27. The molecule has 1 N–H and O–H groups in total. The second kappa shape index (κ2) is 3.58. The minimum Gasteiger partial charge on any atom is -0.302 e. The molecular weight excluding hydrogens is 124 g/mol. The number of nitrogens with zero attached hydrogens (tertiary/aromatic N) is 1. The van der Waals surface area contributed by atoms with E-state index in [0.717, 1.165) is 6.42 Å². The van der Waals surface area contributed by atoms with Gasteiger partial charge < -0.3 is 5.32 Å². The first-order valence-corrected chi connectivity index (χ1v) is 3.70. The van der Waals surface area contributed by atoms with E-state index in [2.05, 4.69) is 25.2 Å². The third-order valence-corrected chi connectivity index (χ3v) is 2.35. The molecule has 2 unspecified atom stereocenters. The van der Waals surface area contributed by atoms with Gasteiger partial charge in [-0.15, -0.1) is 0 Å². The second-order valence-electron chi connectivity index (χ2n) is 2.87. The zero-order valence-corrected chi connectivity index (χ0v) is 7.23. The molecule has 0 aromatic heterocycles. The first-order chi connectivity index (χ1) is 4.60. The Balaban J connectivity index is 4.21. The van der Waals surface area contributed by atoms with Crippen LogP contribution in [0.5, 0.6) is 0 Å². The molecule has 0 fully saturated rings. The van der Waals surface area contributed by atoms with Crippen LogP contribution in [0.25, 0.3) is 0 Å². The van der Waals surface area contributed by atoms with Gasteiger partial charge in [-0.2, -0.15) is 5.26 Å². The quantitative estimate of drug-likeness (QED) is 0.645. The van der Waals surface area contributed by atoms with Crippen molar-refractivity contribution in [1.82, 2.24) is 5.32 Å². The molecule has 0 aliphatic heterocycles. The van der Waals surface area contributed by atoms with E-state index in [0.29, 0.717) is 5.92 Å². The molecule has 0 heterocycles. The number of nitriles is 1. The number of nitrogens with one attached hydrogen (secondary N) is 1. The van der Waals surface area contributed by atoms with Crippen molar-refractivity contribution in [3.8, 4) is 6.07 Å². The lowest BCUT2D eigenvalue weighted by Crippen LogP contribution is -2.44. The fraction of sp³-hybridized carbons (Fsp3) is 0.875. The molecule has 0 saturated heterocycles. The number of rotatable bonds is 3. The maximum Gasteiger partial charge on any atom is 0.106 e. The van der Waals surface area contributed by atoms with Crippen molar-refractivity contribution in [3.63, 3.8) is 0 Å². The molecule has 58 valence electrons. The van der Waals surface area contributed by atoms with Crippen LogP contribution in [0.15, 0.2) is 0 Å². The lowest BCUT2D eigenvalue weighted by Gasteiger charge is -2.27. The Bertz CT molecular complexity index is 137. The first-order valence-electron chi connectivity index (χ1n) is 3.70. The monoisotopic (exact) mass is 140 g/mol. The van der Waals surface area contributed by atoms with Crippen LogP contribution < -0.4 is 5.32 Å². The summed E-state index contributed by atoms with van der Waals surface area (Å²) in [6.07, 6.45) is 1.03. The predicted molar refractivity (Wildman–Crippen MR) is 42.5 cm³/mol. The molecule has 0 aromatic rings. The van der Waals surface area contributed by atoms with Crippen LogP contribution in [-0.4, -0.2) is 12.6 Å². The normalized spacial score (nSPS) is 19.1. The SMILES string of the molecule is CCC(C)C(C)(C#N)NC. The molecule has 0 radical (unpaired) electrons. The molecule has 2 heteroatoms. The van der Waals surface area contributed by atoms with Crippen molar-refractivity contribution in [1.29, 1.82) is 5.26 Å². The van der Waals surface area contributed by atoms with Crippen molar-refractivity contribution in [2.24, 2.45) is 5.92 Å². The van der Waals surface area contributed by atoms with Crippen molar-refractivity contribution in [2.75, 3.05) is 7.05 Å². The molecular formula is C8H16N2. The summed E-state index contributed by atoms with van der Waals surface area (Å²) in [5.41, 5.74) is -0.352. The predicted octanol–water partition coefficient (Wildman–Crippen LogP) is 1.53. The van der Waals surface area contributed by atoms with E-state index < -0.39 is 0 Å². The average Bonchev–Trinajstić information content (AvgIpc) is 2.01. The van der Waals surface area contributed by atoms with E-state index in [9.17, 15) is 0 Å². The standard InChI is InChI=1S/C8H16N2/c1-5-7(2)8(3,6-9)10-4/h7,10H,5H2,1-4H3. The Kier molecular flexibility index (Phi) is 3.38. The maximum atomic E-state index is 8.77. The molecule has 0 bridgehead atoms. The van der Waals surface area contributed by atoms with Gasteiger partial charge in [0.25, 0.3) is 0 Å². The third kappa shape index (κ3) is 1.71.